The normalized spacial score (nSPS) is 16.9. The number of imidazole rings is 1. The van der Waals surface area contributed by atoms with Crippen LogP contribution < -0.4 is 5.32 Å². The molecule has 0 radical (unpaired) electrons. The molecule has 18 heavy (non-hydrogen) atoms. The Kier molecular flexibility index (Phi) is 3.15. The second-order valence-corrected chi connectivity index (χ2v) is 5.05. The van der Waals surface area contributed by atoms with Crippen LogP contribution in [0.2, 0.25) is 0 Å². The maximum atomic E-state index is 4.34. The Morgan fingerprint density at radius 2 is 1.89 bits per heavy atom. The Morgan fingerprint density at radius 3 is 2.61 bits per heavy atom. The van der Waals surface area contributed by atoms with Crippen molar-refractivity contribution in [2.24, 2.45) is 0 Å². The summed E-state index contributed by atoms with van der Waals surface area (Å²) in [6.45, 7) is 4.35. The molecule has 0 spiro atoms. The molecule has 1 aliphatic rings. The van der Waals surface area contributed by atoms with Crippen LogP contribution in [0, 0.1) is 6.92 Å². The van der Waals surface area contributed by atoms with Gasteiger partial charge in [-0.2, -0.15) is 0 Å². The lowest BCUT2D eigenvalue weighted by molar-refractivity contribution is 0.449. The van der Waals surface area contributed by atoms with E-state index < -0.39 is 0 Å². The van der Waals surface area contributed by atoms with E-state index in [-0.39, 0.29) is 0 Å². The van der Waals surface area contributed by atoms with Crippen LogP contribution in [0.4, 0.5) is 0 Å². The molecule has 3 rings (SSSR count). The summed E-state index contributed by atoms with van der Waals surface area (Å²) < 4.78 is 2.23. The summed E-state index contributed by atoms with van der Waals surface area (Å²) in [6, 6.07) is 8.65. The molecule has 1 aromatic heterocycles. The first kappa shape index (κ1) is 11.5. The van der Waals surface area contributed by atoms with Gasteiger partial charge in [0.25, 0.3) is 0 Å². The number of aromatic nitrogens is 2. The van der Waals surface area contributed by atoms with Crippen molar-refractivity contribution in [1.82, 2.24) is 14.9 Å². The minimum atomic E-state index is 0.634. The number of nitrogens with zero attached hydrogens (tertiary/aromatic N) is 2. The van der Waals surface area contributed by atoms with Gasteiger partial charge in [-0.15, -0.1) is 0 Å². The summed E-state index contributed by atoms with van der Waals surface area (Å²) >= 11 is 0. The van der Waals surface area contributed by atoms with E-state index in [1.165, 1.54) is 29.8 Å². The van der Waals surface area contributed by atoms with Gasteiger partial charge in [0.15, 0.2) is 0 Å². The molecular formula is C15H19N3. The summed E-state index contributed by atoms with van der Waals surface area (Å²) in [5, 5.41) is 3.41. The first-order chi connectivity index (χ1) is 8.84. The van der Waals surface area contributed by atoms with Crippen LogP contribution in [0.1, 0.15) is 30.0 Å². The van der Waals surface area contributed by atoms with Gasteiger partial charge in [0.05, 0.1) is 6.33 Å². The van der Waals surface area contributed by atoms with Crippen molar-refractivity contribution in [1.29, 1.82) is 0 Å². The number of piperidine rings is 1. The largest absolute Gasteiger partial charge is 0.317 e. The molecule has 2 aromatic rings. The summed E-state index contributed by atoms with van der Waals surface area (Å²) in [4.78, 5) is 4.34. The average molecular weight is 241 g/mol. The Labute approximate surface area is 108 Å². The lowest BCUT2D eigenvalue weighted by atomic mass is 9.95. The van der Waals surface area contributed by atoms with Gasteiger partial charge in [-0.25, -0.2) is 4.98 Å². The molecule has 1 aromatic carbocycles. The third kappa shape index (κ3) is 2.18. The zero-order chi connectivity index (χ0) is 12.4. The van der Waals surface area contributed by atoms with E-state index in [4.69, 9.17) is 0 Å². The van der Waals surface area contributed by atoms with Gasteiger partial charge < -0.3 is 9.88 Å². The SMILES string of the molecule is Cc1ccc(-n2cncc2C2CCNCC2)cc1. The van der Waals surface area contributed by atoms with Gasteiger partial charge in [-0.1, -0.05) is 17.7 Å². The Balaban J connectivity index is 1.93. The minimum Gasteiger partial charge on any atom is -0.317 e. The summed E-state index contributed by atoms with van der Waals surface area (Å²) in [7, 11) is 0. The molecule has 2 heterocycles. The van der Waals surface area contributed by atoms with Crippen LogP contribution in [0.5, 0.6) is 0 Å². The van der Waals surface area contributed by atoms with Crippen molar-refractivity contribution in [3.8, 4) is 5.69 Å². The third-order valence-electron chi connectivity index (χ3n) is 3.74. The van der Waals surface area contributed by atoms with Gasteiger partial charge in [-0.05, 0) is 45.0 Å². The molecule has 0 bridgehead atoms. The van der Waals surface area contributed by atoms with Crippen LogP contribution in [0.25, 0.3) is 5.69 Å². The maximum absolute atomic E-state index is 4.34. The van der Waals surface area contributed by atoms with Gasteiger partial charge >= 0.3 is 0 Å². The van der Waals surface area contributed by atoms with Gasteiger partial charge in [-0.3, -0.25) is 0 Å². The van der Waals surface area contributed by atoms with Gasteiger partial charge in [0, 0.05) is 23.5 Å². The summed E-state index contributed by atoms with van der Waals surface area (Å²) in [5.41, 5.74) is 3.86. The highest BCUT2D eigenvalue weighted by molar-refractivity contribution is 5.36. The highest BCUT2D eigenvalue weighted by Crippen LogP contribution is 2.26. The van der Waals surface area contributed by atoms with E-state index in [2.05, 4.69) is 46.1 Å². The van der Waals surface area contributed by atoms with E-state index in [9.17, 15) is 0 Å². The van der Waals surface area contributed by atoms with E-state index >= 15 is 0 Å². The second kappa shape index (κ2) is 4.94. The standard InChI is InChI=1S/C15H19N3/c1-12-2-4-14(5-3-12)18-11-17-10-15(18)13-6-8-16-9-7-13/h2-5,10-11,13,16H,6-9H2,1H3. The lowest BCUT2D eigenvalue weighted by Crippen LogP contribution is -2.27. The predicted molar refractivity (Wildman–Crippen MR) is 73.1 cm³/mol. The molecule has 0 saturated carbocycles. The van der Waals surface area contributed by atoms with Crippen LogP contribution in [0.15, 0.2) is 36.8 Å². The molecule has 1 N–H and O–H groups in total. The topological polar surface area (TPSA) is 29.9 Å². The average Bonchev–Trinajstić information content (AvgIpc) is 2.90. The van der Waals surface area contributed by atoms with Gasteiger partial charge in [0.2, 0.25) is 0 Å². The Hall–Kier alpha value is -1.61. The Bertz CT molecular complexity index is 507. The van der Waals surface area contributed by atoms with Gasteiger partial charge in [0.1, 0.15) is 0 Å². The van der Waals surface area contributed by atoms with E-state index in [0.29, 0.717) is 5.92 Å². The fraction of sp³-hybridized carbons (Fsp3) is 0.400. The van der Waals surface area contributed by atoms with E-state index in [0.717, 1.165) is 13.1 Å². The fourth-order valence-corrected chi connectivity index (χ4v) is 2.65. The zero-order valence-electron chi connectivity index (χ0n) is 10.8. The fourth-order valence-electron chi connectivity index (χ4n) is 2.65. The van der Waals surface area contributed by atoms with Crippen LogP contribution in [-0.4, -0.2) is 22.6 Å². The molecular weight excluding hydrogens is 222 g/mol. The molecule has 0 aliphatic carbocycles. The molecule has 0 atom stereocenters. The second-order valence-electron chi connectivity index (χ2n) is 5.05. The summed E-state index contributed by atoms with van der Waals surface area (Å²) in [5.74, 6) is 0.634. The number of nitrogens with one attached hydrogen (secondary N) is 1. The molecule has 3 heteroatoms. The molecule has 3 nitrogen and oxygen atoms in total. The van der Waals surface area contributed by atoms with Crippen LogP contribution >= 0.6 is 0 Å². The number of hydrogen-bond acceptors (Lipinski definition) is 2. The first-order valence-electron chi connectivity index (χ1n) is 6.64. The van der Waals surface area contributed by atoms with Crippen molar-refractivity contribution in [3.63, 3.8) is 0 Å². The molecule has 1 aliphatic heterocycles. The van der Waals surface area contributed by atoms with Crippen molar-refractivity contribution in [2.75, 3.05) is 13.1 Å². The molecule has 1 fully saturated rings. The number of benzene rings is 1. The van der Waals surface area contributed by atoms with Crippen LogP contribution in [-0.2, 0) is 0 Å². The van der Waals surface area contributed by atoms with Crippen molar-refractivity contribution >= 4 is 0 Å². The van der Waals surface area contributed by atoms with Crippen LogP contribution in [0.3, 0.4) is 0 Å². The third-order valence-corrected chi connectivity index (χ3v) is 3.74. The lowest BCUT2D eigenvalue weighted by Gasteiger charge is -2.23. The minimum absolute atomic E-state index is 0.634. The van der Waals surface area contributed by atoms with Crippen molar-refractivity contribution in [3.05, 3.63) is 48.0 Å². The zero-order valence-corrected chi connectivity index (χ0v) is 10.8. The summed E-state index contributed by atoms with van der Waals surface area (Å²) in [6.07, 6.45) is 6.37. The van der Waals surface area contributed by atoms with Crippen molar-refractivity contribution < 1.29 is 0 Å². The van der Waals surface area contributed by atoms with Crippen molar-refractivity contribution in [2.45, 2.75) is 25.7 Å². The number of hydrogen-bond donors (Lipinski definition) is 1. The molecule has 0 unspecified atom stereocenters. The quantitative estimate of drug-likeness (QED) is 0.876. The molecule has 94 valence electrons. The first-order valence-corrected chi connectivity index (χ1v) is 6.64. The van der Waals surface area contributed by atoms with E-state index in [1.54, 1.807) is 0 Å². The number of aryl methyl sites for hydroxylation is 1. The molecule has 0 amide bonds. The highest BCUT2D eigenvalue weighted by atomic mass is 15.1. The van der Waals surface area contributed by atoms with E-state index in [1.807, 2.05) is 12.5 Å². The smallest absolute Gasteiger partial charge is 0.0994 e. The number of rotatable bonds is 2. The highest BCUT2D eigenvalue weighted by Gasteiger charge is 2.19. The monoisotopic (exact) mass is 241 g/mol. The molecule has 1 saturated heterocycles. The Morgan fingerprint density at radius 1 is 1.17 bits per heavy atom. The maximum Gasteiger partial charge on any atom is 0.0994 e. The predicted octanol–water partition coefficient (Wildman–Crippen LogP) is 2.65.